The predicted molar refractivity (Wildman–Crippen MR) is 50.1 cm³/mol. The molecule has 2 atom stereocenters. The topological polar surface area (TPSA) is 46.2 Å². The van der Waals surface area contributed by atoms with Gasteiger partial charge in [0.1, 0.15) is 5.78 Å². The Kier molecular flexibility index (Phi) is 3.23. The fourth-order valence-electron chi connectivity index (χ4n) is 1.65. The molecule has 1 aliphatic rings. The second-order valence-electron chi connectivity index (χ2n) is 3.60. The number of amides is 1. The molecule has 1 amide bonds. The molecule has 1 fully saturated rings. The van der Waals surface area contributed by atoms with E-state index < -0.39 is 5.92 Å². The molecule has 0 aromatic rings. The molecule has 0 aromatic heterocycles. The van der Waals surface area contributed by atoms with Crippen LogP contribution in [0.25, 0.3) is 0 Å². The van der Waals surface area contributed by atoms with Crippen molar-refractivity contribution in [2.24, 2.45) is 11.8 Å². The Morgan fingerprint density at radius 1 is 1.77 bits per heavy atom. The molecule has 1 rings (SSSR count). The van der Waals surface area contributed by atoms with Gasteiger partial charge < -0.3 is 5.32 Å². The van der Waals surface area contributed by atoms with E-state index in [1.807, 2.05) is 6.92 Å². The van der Waals surface area contributed by atoms with Gasteiger partial charge in [-0.2, -0.15) is 0 Å². The number of carbonyl (C=O) groups is 2. The Morgan fingerprint density at radius 3 is 2.92 bits per heavy atom. The van der Waals surface area contributed by atoms with Crippen molar-refractivity contribution >= 4 is 11.7 Å². The summed E-state index contributed by atoms with van der Waals surface area (Å²) in [5.41, 5.74) is 0. The summed E-state index contributed by atoms with van der Waals surface area (Å²) in [6.07, 6.45) is 2.86. The molecule has 0 aliphatic heterocycles. The smallest absolute Gasteiger partial charge is 0.230 e. The molecule has 3 nitrogen and oxygen atoms in total. The Labute approximate surface area is 78.2 Å². The highest BCUT2D eigenvalue weighted by atomic mass is 16.2. The summed E-state index contributed by atoms with van der Waals surface area (Å²) in [5, 5.41) is 2.65. The second kappa shape index (κ2) is 4.21. The van der Waals surface area contributed by atoms with Crippen molar-refractivity contribution < 1.29 is 9.59 Å². The number of Topliss-reactive ketones (excluding diaryl/α,β-unsaturated/α-hetero) is 1. The molecule has 13 heavy (non-hydrogen) atoms. The zero-order valence-corrected chi connectivity index (χ0v) is 7.88. The Balaban J connectivity index is 2.47. The maximum absolute atomic E-state index is 11.4. The molecule has 0 aromatic carbocycles. The van der Waals surface area contributed by atoms with Gasteiger partial charge in [0.2, 0.25) is 5.91 Å². The van der Waals surface area contributed by atoms with Crippen LogP contribution < -0.4 is 5.32 Å². The van der Waals surface area contributed by atoms with Gasteiger partial charge in [-0.05, 0) is 12.3 Å². The van der Waals surface area contributed by atoms with E-state index in [2.05, 4.69) is 11.9 Å². The first-order valence-corrected chi connectivity index (χ1v) is 4.56. The zero-order chi connectivity index (χ0) is 9.84. The third-order valence-electron chi connectivity index (χ3n) is 2.31. The van der Waals surface area contributed by atoms with Gasteiger partial charge in [0.25, 0.3) is 0 Å². The average Bonchev–Trinajstić information content (AvgIpc) is 2.41. The molecule has 3 heteroatoms. The maximum atomic E-state index is 11.4. The fraction of sp³-hybridized carbons (Fsp3) is 0.600. The quantitative estimate of drug-likeness (QED) is 0.519. The number of ketones is 1. The van der Waals surface area contributed by atoms with E-state index in [-0.39, 0.29) is 11.7 Å². The highest BCUT2D eigenvalue weighted by Gasteiger charge is 2.34. The van der Waals surface area contributed by atoms with Crippen LogP contribution in [0.4, 0.5) is 0 Å². The first-order valence-electron chi connectivity index (χ1n) is 4.56. The molecule has 0 spiro atoms. The fourth-order valence-corrected chi connectivity index (χ4v) is 1.65. The summed E-state index contributed by atoms with van der Waals surface area (Å²) in [6.45, 7) is 5.93. The summed E-state index contributed by atoms with van der Waals surface area (Å²) in [4.78, 5) is 22.7. The van der Waals surface area contributed by atoms with Crippen LogP contribution >= 0.6 is 0 Å². The lowest BCUT2D eigenvalue weighted by molar-refractivity contribution is -0.132. The minimum atomic E-state index is -0.407. The molecule has 1 aliphatic carbocycles. The standard InChI is InChI=1S/C10H15NO2/c1-3-4-11-10(13)8-5-7(2)6-9(8)12/h3,7-8H,1,4-6H2,2H3,(H,11,13). The SMILES string of the molecule is C=CCNC(=O)C1CC(C)CC1=O. The van der Waals surface area contributed by atoms with Crippen LogP contribution in [0.1, 0.15) is 19.8 Å². The van der Waals surface area contributed by atoms with Crippen molar-refractivity contribution in [2.45, 2.75) is 19.8 Å². The van der Waals surface area contributed by atoms with E-state index in [0.29, 0.717) is 25.3 Å². The third-order valence-corrected chi connectivity index (χ3v) is 2.31. The number of hydrogen-bond acceptors (Lipinski definition) is 2. The summed E-state index contributed by atoms with van der Waals surface area (Å²) in [5.74, 6) is -0.120. The van der Waals surface area contributed by atoms with E-state index in [4.69, 9.17) is 0 Å². The van der Waals surface area contributed by atoms with Gasteiger partial charge in [-0.15, -0.1) is 6.58 Å². The lowest BCUT2D eigenvalue weighted by Crippen LogP contribution is -2.32. The van der Waals surface area contributed by atoms with Crippen molar-refractivity contribution in [2.75, 3.05) is 6.54 Å². The third kappa shape index (κ3) is 2.41. The number of rotatable bonds is 3. The van der Waals surface area contributed by atoms with E-state index in [0.717, 1.165) is 0 Å². The van der Waals surface area contributed by atoms with Crippen molar-refractivity contribution in [1.29, 1.82) is 0 Å². The Hall–Kier alpha value is -1.12. The zero-order valence-electron chi connectivity index (χ0n) is 7.88. The predicted octanol–water partition coefficient (Wildman–Crippen LogP) is 0.904. The summed E-state index contributed by atoms with van der Waals surface area (Å²) >= 11 is 0. The largest absolute Gasteiger partial charge is 0.352 e. The second-order valence-corrected chi connectivity index (χ2v) is 3.60. The van der Waals surface area contributed by atoms with Gasteiger partial charge in [-0.1, -0.05) is 13.0 Å². The van der Waals surface area contributed by atoms with E-state index in [9.17, 15) is 9.59 Å². The molecule has 0 radical (unpaired) electrons. The van der Waals surface area contributed by atoms with Crippen LogP contribution in [-0.4, -0.2) is 18.2 Å². The van der Waals surface area contributed by atoms with Gasteiger partial charge in [0.15, 0.2) is 0 Å². The first-order chi connectivity index (χ1) is 6.15. The molecule has 0 heterocycles. The monoisotopic (exact) mass is 181 g/mol. The molecule has 0 bridgehead atoms. The molecule has 1 saturated carbocycles. The number of carbonyl (C=O) groups excluding carboxylic acids is 2. The summed E-state index contributed by atoms with van der Waals surface area (Å²) in [6, 6.07) is 0. The van der Waals surface area contributed by atoms with Crippen LogP contribution in [-0.2, 0) is 9.59 Å². The van der Waals surface area contributed by atoms with E-state index in [1.165, 1.54) is 0 Å². The summed E-state index contributed by atoms with van der Waals surface area (Å²) in [7, 11) is 0. The van der Waals surface area contributed by atoms with Gasteiger partial charge in [-0.25, -0.2) is 0 Å². The normalized spacial score (nSPS) is 27.3. The van der Waals surface area contributed by atoms with Crippen LogP contribution in [0.3, 0.4) is 0 Å². The minimum absolute atomic E-state index is 0.0778. The van der Waals surface area contributed by atoms with Crippen LogP contribution in [0.15, 0.2) is 12.7 Å². The van der Waals surface area contributed by atoms with Crippen LogP contribution in [0.5, 0.6) is 0 Å². The minimum Gasteiger partial charge on any atom is -0.352 e. The van der Waals surface area contributed by atoms with Gasteiger partial charge in [0.05, 0.1) is 5.92 Å². The first kappa shape index (κ1) is 9.96. The molecule has 2 unspecified atom stereocenters. The molecule has 72 valence electrons. The molecule has 0 saturated heterocycles. The number of nitrogens with one attached hydrogen (secondary N) is 1. The van der Waals surface area contributed by atoms with Crippen LogP contribution in [0.2, 0.25) is 0 Å². The van der Waals surface area contributed by atoms with E-state index >= 15 is 0 Å². The molecule has 1 N–H and O–H groups in total. The number of hydrogen-bond donors (Lipinski definition) is 1. The Bertz CT molecular complexity index is 235. The van der Waals surface area contributed by atoms with Crippen molar-refractivity contribution in [3.63, 3.8) is 0 Å². The lowest BCUT2D eigenvalue weighted by atomic mass is 10.1. The van der Waals surface area contributed by atoms with Gasteiger partial charge in [0, 0.05) is 13.0 Å². The van der Waals surface area contributed by atoms with Crippen molar-refractivity contribution in [1.82, 2.24) is 5.32 Å². The average molecular weight is 181 g/mol. The van der Waals surface area contributed by atoms with Gasteiger partial charge in [-0.3, -0.25) is 9.59 Å². The van der Waals surface area contributed by atoms with Crippen molar-refractivity contribution in [3.05, 3.63) is 12.7 Å². The highest BCUT2D eigenvalue weighted by Crippen LogP contribution is 2.27. The highest BCUT2D eigenvalue weighted by molar-refractivity contribution is 6.02. The van der Waals surface area contributed by atoms with Gasteiger partial charge >= 0.3 is 0 Å². The lowest BCUT2D eigenvalue weighted by Gasteiger charge is -2.07. The summed E-state index contributed by atoms with van der Waals surface area (Å²) < 4.78 is 0. The molecular weight excluding hydrogens is 166 g/mol. The van der Waals surface area contributed by atoms with Crippen molar-refractivity contribution in [3.8, 4) is 0 Å². The van der Waals surface area contributed by atoms with Crippen LogP contribution in [0, 0.1) is 11.8 Å². The molecular formula is C10H15NO2. The van der Waals surface area contributed by atoms with E-state index in [1.54, 1.807) is 6.08 Å². The maximum Gasteiger partial charge on any atom is 0.230 e. The Morgan fingerprint density at radius 2 is 2.46 bits per heavy atom.